The first kappa shape index (κ1) is 71.5. The number of carbonyl (C=O) groups excluding carboxylic acids is 2. The second kappa shape index (κ2) is 64.8. The monoisotopic (exact) mass is 1050 g/mol. The van der Waals surface area contributed by atoms with Crippen molar-refractivity contribution in [1.82, 2.24) is 0 Å². The maximum absolute atomic E-state index is 12.3. The summed E-state index contributed by atoms with van der Waals surface area (Å²) in [7, 11) is 0. The highest BCUT2D eigenvalue weighted by atomic mass is 16.6. The van der Waals surface area contributed by atoms with E-state index in [1.165, 1.54) is 103 Å². The van der Waals surface area contributed by atoms with Crippen LogP contribution in [0.1, 0.15) is 258 Å². The molecule has 0 aromatic rings. The van der Waals surface area contributed by atoms with Crippen molar-refractivity contribution >= 4 is 11.9 Å². The van der Waals surface area contributed by atoms with Gasteiger partial charge in [-0.25, -0.2) is 0 Å². The molecule has 0 saturated heterocycles. The van der Waals surface area contributed by atoms with Crippen molar-refractivity contribution in [3.05, 3.63) is 158 Å². The van der Waals surface area contributed by atoms with Gasteiger partial charge in [0.15, 0.2) is 6.10 Å². The normalized spacial score (nSPS) is 13.4. The van der Waals surface area contributed by atoms with E-state index in [9.17, 15) is 14.7 Å². The minimum Gasteiger partial charge on any atom is -0.462 e. The minimum absolute atomic E-state index is 0.0776. The molecule has 428 valence electrons. The van der Waals surface area contributed by atoms with Crippen LogP contribution < -0.4 is 0 Å². The van der Waals surface area contributed by atoms with Crippen LogP contribution in [-0.4, -0.2) is 36.4 Å². The molecule has 0 aliphatic heterocycles. The molecule has 0 amide bonds. The highest BCUT2D eigenvalue weighted by Gasteiger charge is 2.16. The molecule has 1 atom stereocenters. The van der Waals surface area contributed by atoms with Crippen LogP contribution in [0, 0.1) is 0 Å². The second-order valence-corrected chi connectivity index (χ2v) is 20.0. The molecule has 76 heavy (non-hydrogen) atoms. The van der Waals surface area contributed by atoms with E-state index >= 15 is 0 Å². The summed E-state index contributed by atoms with van der Waals surface area (Å²) in [6, 6.07) is 0. The number of unbranched alkanes of at least 4 members (excludes halogenated alkanes) is 21. The first-order valence-electron chi connectivity index (χ1n) is 31.0. The van der Waals surface area contributed by atoms with Gasteiger partial charge in [-0.1, -0.05) is 281 Å². The molecule has 0 rings (SSSR count). The number of esters is 2. The lowest BCUT2D eigenvalue weighted by molar-refractivity contribution is -0.161. The molecule has 0 saturated carbocycles. The summed E-state index contributed by atoms with van der Waals surface area (Å²) in [5.41, 5.74) is 0. The summed E-state index contributed by atoms with van der Waals surface area (Å²) in [4.78, 5) is 24.6. The van der Waals surface area contributed by atoms with Gasteiger partial charge in [-0.3, -0.25) is 9.59 Å². The van der Waals surface area contributed by atoms with Crippen LogP contribution in [0.25, 0.3) is 0 Å². The summed E-state index contributed by atoms with van der Waals surface area (Å²) in [5.74, 6) is -0.605. The van der Waals surface area contributed by atoms with E-state index in [1.54, 1.807) is 0 Å². The maximum Gasteiger partial charge on any atom is 0.306 e. The topological polar surface area (TPSA) is 72.8 Å². The second-order valence-electron chi connectivity index (χ2n) is 20.0. The Morgan fingerprint density at radius 2 is 0.526 bits per heavy atom. The number of rotatable bonds is 55. The van der Waals surface area contributed by atoms with Gasteiger partial charge in [0.1, 0.15) is 6.61 Å². The lowest BCUT2D eigenvalue weighted by Gasteiger charge is -2.15. The molecule has 5 nitrogen and oxygen atoms in total. The van der Waals surface area contributed by atoms with Crippen molar-refractivity contribution in [2.75, 3.05) is 13.2 Å². The third kappa shape index (κ3) is 62.1. The van der Waals surface area contributed by atoms with E-state index in [1.807, 2.05) is 0 Å². The van der Waals surface area contributed by atoms with Gasteiger partial charge >= 0.3 is 11.9 Å². The molecule has 5 heteroatoms. The van der Waals surface area contributed by atoms with Crippen molar-refractivity contribution in [2.45, 2.75) is 264 Å². The van der Waals surface area contributed by atoms with Crippen LogP contribution in [0.5, 0.6) is 0 Å². The minimum atomic E-state index is -0.788. The van der Waals surface area contributed by atoms with Gasteiger partial charge in [-0.15, -0.1) is 0 Å². The van der Waals surface area contributed by atoms with Crippen LogP contribution >= 0.6 is 0 Å². The van der Waals surface area contributed by atoms with Crippen molar-refractivity contribution < 1.29 is 24.2 Å². The van der Waals surface area contributed by atoms with Crippen molar-refractivity contribution in [3.8, 4) is 0 Å². The highest BCUT2D eigenvalue weighted by Crippen LogP contribution is 2.15. The zero-order valence-electron chi connectivity index (χ0n) is 49.0. The molecular formula is C71H114O5. The molecule has 1 N–H and O–H groups in total. The number of aliphatic hydroxyl groups excluding tert-OH is 1. The lowest BCUT2D eigenvalue weighted by Crippen LogP contribution is -2.28. The number of carbonyl (C=O) groups is 2. The quantitative estimate of drug-likeness (QED) is 0.0373. The van der Waals surface area contributed by atoms with Crippen LogP contribution in [0.4, 0.5) is 0 Å². The fourth-order valence-electron chi connectivity index (χ4n) is 8.25. The summed E-state index contributed by atoms with van der Waals surface area (Å²) in [6.07, 6.45) is 99.4. The molecule has 0 radical (unpaired) electrons. The molecule has 0 spiro atoms. The predicted molar refractivity (Wildman–Crippen MR) is 334 cm³/mol. The number of hydrogen-bond donors (Lipinski definition) is 1. The Bertz CT molecular complexity index is 1660. The third-order valence-corrected chi connectivity index (χ3v) is 12.8. The fraction of sp³-hybridized carbons (Fsp3) is 0.606. The van der Waals surface area contributed by atoms with E-state index in [2.05, 4.69) is 172 Å². The largest absolute Gasteiger partial charge is 0.462 e. The lowest BCUT2D eigenvalue weighted by atomic mass is 10.0. The Morgan fingerprint density at radius 1 is 0.303 bits per heavy atom. The van der Waals surface area contributed by atoms with Gasteiger partial charge in [-0.2, -0.15) is 0 Å². The van der Waals surface area contributed by atoms with Gasteiger partial charge in [0, 0.05) is 12.8 Å². The highest BCUT2D eigenvalue weighted by molar-refractivity contribution is 5.70. The molecule has 0 aliphatic carbocycles. The van der Waals surface area contributed by atoms with E-state index in [-0.39, 0.29) is 25.2 Å². The predicted octanol–water partition coefficient (Wildman–Crippen LogP) is 21.5. The summed E-state index contributed by atoms with van der Waals surface area (Å²) in [6.45, 7) is 3.91. The number of ether oxygens (including phenoxy) is 2. The zero-order chi connectivity index (χ0) is 54.8. The van der Waals surface area contributed by atoms with E-state index < -0.39 is 6.10 Å². The van der Waals surface area contributed by atoms with Gasteiger partial charge in [0.05, 0.1) is 6.61 Å². The smallest absolute Gasteiger partial charge is 0.306 e. The third-order valence-electron chi connectivity index (χ3n) is 12.8. The molecule has 0 aromatic heterocycles. The summed E-state index contributed by atoms with van der Waals surface area (Å²) in [5, 5.41) is 9.68. The molecule has 0 aliphatic rings. The van der Waals surface area contributed by atoms with Crippen molar-refractivity contribution in [2.24, 2.45) is 0 Å². The molecule has 0 bridgehead atoms. The number of allylic oxidation sites excluding steroid dienone is 26. The van der Waals surface area contributed by atoms with Gasteiger partial charge in [0.25, 0.3) is 0 Å². The zero-order valence-corrected chi connectivity index (χ0v) is 49.0. The van der Waals surface area contributed by atoms with E-state index in [0.29, 0.717) is 12.8 Å². The Morgan fingerprint density at radius 3 is 0.789 bits per heavy atom. The molecule has 1 unspecified atom stereocenters. The van der Waals surface area contributed by atoms with Crippen LogP contribution in [0.3, 0.4) is 0 Å². The Kier molecular flexibility index (Phi) is 61.0. The number of aliphatic hydroxyl groups is 1. The van der Waals surface area contributed by atoms with Crippen molar-refractivity contribution in [3.63, 3.8) is 0 Å². The molecular weight excluding hydrogens is 933 g/mol. The Balaban J connectivity index is 3.58. The van der Waals surface area contributed by atoms with Crippen LogP contribution in [0.15, 0.2) is 158 Å². The average Bonchev–Trinajstić information content (AvgIpc) is 3.42. The molecule has 0 heterocycles. The maximum atomic E-state index is 12.3. The Hall–Kier alpha value is -4.48. The summed E-state index contributed by atoms with van der Waals surface area (Å²) < 4.78 is 10.7. The summed E-state index contributed by atoms with van der Waals surface area (Å²) >= 11 is 0. The van der Waals surface area contributed by atoms with E-state index in [4.69, 9.17) is 9.47 Å². The van der Waals surface area contributed by atoms with E-state index in [0.717, 1.165) is 128 Å². The fourth-order valence-corrected chi connectivity index (χ4v) is 8.25. The molecule has 0 aromatic carbocycles. The average molecular weight is 1050 g/mol. The first-order chi connectivity index (χ1) is 37.6. The van der Waals surface area contributed by atoms with Crippen molar-refractivity contribution in [1.29, 1.82) is 0 Å². The van der Waals surface area contributed by atoms with Gasteiger partial charge in [0.2, 0.25) is 0 Å². The Labute approximate surface area is 469 Å². The van der Waals surface area contributed by atoms with Crippen LogP contribution in [0.2, 0.25) is 0 Å². The standard InChI is InChI=1S/C71H114O5/c1-3-5-7-9-11-13-15-17-19-21-23-25-27-29-30-31-32-33-34-35-36-37-38-39-40-42-44-46-48-50-52-54-56-58-60-62-64-66-71(74)76-69(67-72)68-75-70(73)65-63-61-59-57-55-53-51-49-47-45-43-41-28-26-24-22-20-18-16-14-12-10-8-6-4-2/h5-8,11-14,17-20,23-26,29-30,32-33,35-36,38-39,42,44,69,72H,3-4,9-10,15-16,21-22,27-28,31,34,37,40-41,43,45-68H2,1-2H3/b7-5-,8-6-,13-11-,14-12-,19-17-,20-18-,25-23-,26-24-,30-29-,33-32-,36-35-,39-38-,44-42-. The number of hydrogen-bond acceptors (Lipinski definition) is 5. The molecule has 0 fully saturated rings. The SMILES string of the molecule is CC/C=C\C/C=C\C/C=C\C/C=C\C/C=C\C/C=C\C/C=C\C/C=C\C/C=C\CCCCCCCCCCCC(=O)OC(CO)COC(=O)CCCCCCCCCCCCCC/C=C\C/C=C\C/C=C\C/C=C\CC. The van der Waals surface area contributed by atoms with Crippen LogP contribution in [-0.2, 0) is 19.1 Å². The van der Waals surface area contributed by atoms with Gasteiger partial charge in [-0.05, 0) is 122 Å². The van der Waals surface area contributed by atoms with Gasteiger partial charge < -0.3 is 14.6 Å². The first-order valence-corrected chi connectivity index (χ1v) is 31.0.